The average molecular weight is 427 g/mol. The quantitative estimate of drug-likeness (QED) is 0.221. The van der Waals surface area contributed by atoms with E-state index in [0.29, 0.717) is 5.76 Å². The number of allylic oxidation sites excluding steroid dienone is 3. The zero-order valence-corrected chi connectivity index (χ0v) is 20.6. The molecule has 0 radical (unpaired) electrons. The van der Waals surface area contributed by atoms with E-state index in [0.717, 1.165) is 17.9 Å². The van der Waals surface area contributed by atoms with Crippen LogP contribution in [-0.4, -0.2) is 28.1 Å². The minimum Gasteiger partial charge on any atom is -0.512 e. The molecule has 0 saturated carbocycles. The molecule has 0 amide bonds. The van der Waals surface area contributed by atoms with E-state index in [9.17, 15) is 5.11 Å². The zero-order chi connectivity index (χ0) is 20.5. The van der Waals surface area contributed by atoms with Crippen LogP contribution in [0.15, 0.2) is 23.5 Å². The Balaban J connectivity index is 2.15. The van der Waals surface area contributed by atoms with Gasteiger partial charge in [-0.25, -0.2) is 0 Å². The molecule has 1 nitrogen and oxygen atoms in total. The molecule has 1 aliphatic carbocycles. The molecule has 0 bridgehead atoms. The molecular formula is C25H46OS2. The van der Waals surface area contributed by atoms with Crippen molar-refractivity contribution in [2.24, 2.45) is 5.41 Å². The van der Waals surface area contributed by atoms with Crippen molar-refractivity contribution in [1.29, 1.82) is 0 Å². The molecule has 1 rings (SSSR count). The van der Waals surface area contributed by atoms with Crippen LogP contribution in [0.1, 0.15) is 104 Å². The monoisotopic (exact) mass is 426 g/mol. The fourth-order valence-corrected chi connectivity index (χ4v) is 6.01. The predicted molar refractivity (Wildman–Crippen MR) is 133 cm³/mol. The maximum atomic E-state index is 10.5. The lowest BCUT2D eigenvalue weighted by Crippen LogP contribution is -2.26. The second-order valence-corrected chi connectivity index (χ2v) is 11.0. The number of aliphatic hydroxyl groups excluding tert-OH is 1. The van der Waals surface area contributed by atoms with Crippen LogP contribution in [-0.2, 0) is 0 Å². The molecule has 0 aromatic rings. The van der Waals surface area contributed by atoms with E-state index >= 15 is 0 Å². The topological polar surface area (TPSA) is 20.2 Å². The molecule has 0 heterocycles. The predicted octanol–water partition coefficient (Wildman–Crippen LogP) is 8.95. The van der Waals surface area contributed by atoms with E-state index < -0.39 is 0 Å². The summed E-state index contributed by atoms with van der Waals surface area (Å²) in [5, 5.41) is 10.5. The van der Waals surface area contributed by atoms with E-state index in [1.165, 1.54) is 94.1 Å². The molecule has 0 fully saturated rings. The minimum absolute atomic E-state index is 0.0579. The van der Waals surface area contributed by atoms with Crippen LogP contribution in [0.5, 0.6) is 0 Å². The Hall–Kier alpha value is -0.0200. The van der Waals surface area contributed by atoms with Crippen molar-refractivity contribution in [3.8, 4) is 0 Å². The van der Waals surface area contributed by atoms with E-state index in [1.807, 2.05) is 17.8 Å². The van der Waals surface area contributed by atoms with Gasteiger partial charge in [-0.2, -0.15) is 23.5 Å². The van der Waals surface area contributed by atoms with Crippen LogP contribution in [0.4, 0.5) is 0 Å². The molecule has 0 aromatic carbocycles. The van der Waals surface area contributed by atoms with E-state index in [2.05, 4.69) is 38.6 Å². The van der Waals surface area contributed by atoms with Crippen molar-refractivity contribution < 1.29 is 5.11 Å². The average Bonchev–Trinajstić information content (AvgIpc) is 2.69. The zero-order valence-electron chi connectivity index (χ0n) is 18.9. The van der Waals surface area contributed by atoms with Crippen molar-refractivity contribution in [2.75, 3.05) is 23.0 Å². The van der Waals surface area contributed by atoms with Gasteiger partial charge in [0.15, 0.2) is 0 Å². The molecule has 28 heavy (non-hydrogen) atoms. The van der Waals surface area contributed by atoms with Crippen molar-refractivity contribution >= 4 is 23.5 Å². The summed E-state index contributed by atoms with van der Waals surface area (Å²) in [6, 6.07) is 0. The Morgan fingerprint density at radius 1 is 0.786 bits per heavy atom. The van der Waals surface area contributed by atoms with Gasteiger partial charge in [-0.05, 0) is 36.8 Å². The van der Waals surface area contributed by atoms with Crippen LogP contribution in [0.25, 0.3) is 0 Å². The second kappa shape index (κ2) is 16.7. The van der Waals surface area contributed by atoms with Gasteiger partial charge in [0.25, 0.3) is 0 Å². The summed E-state index contributed by atoms with van der Waals surface area (Å²) in [6.07, 6.45) is 21.6. The van der Waals surface area contributed by atoms with Gasteiger partial charge in [0.1, 0.15) is 0 Å². The molecule has 164 valence electrons. The van der Waals surface area contributed by atoms with E-state index in [1.54, 1.807) is 0 Å². The lowest BCUT2D eigenvalue weighted by molar-refractivity contribution is 0.257. The fourth-order valence-electron chi connectivity index (χ4n) is 3.74. The Bertz CT molecular complexity index is 444. The SMILES string of the molecule is CCCCCCCCSCC1=CC=C(O)C(C)(CSCCCCCCCC)C1. The standard InChI is InChI=1S/C25H46OS2/c1-4-6-8-10-12-14-18-27-21-23-16-17-24(26)25(3,20-23)22-28-19-15-13-11-9-7-5-2/h16-17,26H,4-15,18-22H2,1-3H3. The molecule has 3 heteroatoms. The third-order valence-corrected chi connectivity index (χ3v) is 8.28. The Morgan fingerprint density at radius 2 is 1.32 bits per heavy atom. The summed E-state index contributed by atoms with van der Waals surface area (Å²) in [5.41, 5.74) is 1.45. The third-order valence-electron chi connectivity index (χ3n) is 5.71. The summed E-state index contributed by atoms with van der Waals surface area (Å²) >= 11 is 4.12. The molecule has 0 spiro atoms. The first kappa shape index (κ1) is 26.0. The van der Waals surface area contributed by atoms with Crippen molar-refractivity contribution in [3.05, 3.63) is 23.5 Å². The molecule has 1 unspecified atom stereocenters. The highest BCUT2D eigenvalue weighted by Crippen LogP contribution is 2.40. The summed E-state index contributed by atoms with van der Waals surface area (Å²) in [6.45, 7) is 6.80. The van der Waals surface area contributed by atoms with Crippen molar-refractivity contribution in [3.63, 3.8) is 0 Å². The molecule has 1 atom stereocenters. The Labute approximate surface area is 184 Å². The Kier molecular flexibility index (Phi) is 15.6. The van der Waals surface area contributed by atoms with Gasteiger partial charge >= 0.3 is 0 Å². The first-order chi connectivity index (χ1) is 13.6. The van der Waals surface area contributed by atoms with Gasteiger partial charge in [-0.1, -0.05) is 96.6 Å². The maximum absolute atomic E-state index is 10.5. The highest BCUT2D eigenvalue weighted by molar-refractivity contribution is 7.99. The second-order valence-electron chi connectivity index (χ2n) is 8.75. The largest absolute Gasteiger partial charge is 0.512 e. The van der Waals surface area contributed by atoms with Gasteiger partial charge in [-0.3, -0.25) is 0 Å². The fraction of sp³-hybridized carbons (Fsp3) is 0.840. The Morgan fingerprint density at radius 3 is 1.93 bits per heavy atom. The first-order valence-corrected chi connectivity index (χ1v) is 14.2. The van der Waals surface area contributed by atoms with Gasteiger partial charge in [0.2, 0.25) is 0 Å². The van der Waals surface area contributed by atoms with Crippen LogP contribution in [0.2, 0.25) is 0 Å². The maximum Gasteiger partial charge on any atom is 0.0992 e. The highest BCUT2D eigenvalue weighted by Gasteiger charge is 2.32. The molecule has 0 aliphatic heterocycles. The molecule has 1 aliphatic rings. The normalized spacial score (nSPS) is 19.5. The van der Waals surface area contributed by atoms with Crippen LogP contribution in [0, 0.1) is 5.41 Å². The van der Waals surface area contributed by atoms with Crippen molar-refractivity contribution in [2.45, 2.75) is 104 Å². The lowest BCUT2D eigenvalue weighted by atomic mass is 9.80. The number of rotatable bonds is 18. The van der Waals surface area contributed by atoms with Crippen LogP contribution < -0.4 is 0 Å². The van der Waals surface area contributed by atoms with E-state index in [4.69, 9.17) is 0 Å². The number of hydrogen-bond donors (Lipinski definition) is 1. The van der Waals surface area contributed by atoms with Crippen LogP contribution in [0.3, 0.4) is 0 Å². The van der Waals surface area contributed by atoms with Crippen LogP contribution >= 0.6 is 23.5 Å². The van der Waals surface area contributed by atoms with Crippen molar-refractivity contribution in [1.82, 2.24) is 0 Å². The summed E-state index contributed by atoms with van der Waals surface area (Å²) < 4.78 is 0. The molecular weight excluding hydrogens is 380 g/mol. The smallest absolute Gasteiger partial charge is 0.0992 e. The van der Waals surface area contributed by atoms with Gasteiger partial charge in [-0.15, -0.1) is 0 Å². The number of thioether (sulfide) groups is 2. The van der Waals surface area contributed by atoms with E-state index in [-0.39, 0.29) is 5.41 Å². The highest BCUT2D eigenvalue weighted by atomic mass is 32.2. The lowest BCUT2D eigenvalue weighted by Gasteiger charge is -2.32. The third kappa shape index (κ3) is 11.9. The number of hydrogen-bond acceptors (Lipinski definition) is 3. The van der Waals surface area contributed by atoms with Gasteiger partial charge < -0.3 is 5.11 Å². The minimum atomic E-state index is -0.0579. The molecule has 0 aromatic heterocycles. The summed E-state index contributed by atoms with van der Waals surface area (Å²) in [5.74, 6) is 5.29. The summed E-state index contributed by atoms with van der Waals surface area (Å²) in [7, 11) is 0. The van der Waals surface area contributed by atoms with Gasteiger partial charge in [0, 0.05) is 16.9 Å². The van der Waals surface area contributed by atoms with Gasteiger partial charge in [0.05, 0.1) is 5.76 Å². The first-order valence-electron chi connectivity index (χ1n) is 11.9. The molecule has 0 saturated heterocycles. The summed E-state index contributed by atoms with van der Waals surface area (Å²) in [4.78, 5) is 0. The number of aliphatic hydroxyl groups is 1. The number of unbranched alkanes of at least 4 members (excludes halogenated alkanes) is 10. The molecule has 1 N–H and O–H groups in total.